The minimum atomic E-state index is -0.337. The molecule has 0 amide bonds. The molecule has 2 aromatic rings. The first-order chi connectivity index (χ1) is 9.52. The second-order valence-corrected chi connectivity index (χ2v) is 4.88. The highest BCUT2D eigenvalue weighted by Crippen LogP contribution is 2.22. The molecule has 0 saturated heterocycles. The third-order valence-corrected chi connectivity index (χ3v) is 3.61. The van der Waals surface area contributed by atoms with Gasteiger partial charge in [0.05, 0.1) is 13.3 Å². The van der Waals surface area contributed by atoms with Crippen molar-refractivity contribution in [2.45, 2.75) is 26.4 Å². The van der Waals surface area contributed by atoms with Crippen molar-refractivity contribution in [1.29, 1.82) is 0 Å². The molecule has 0 saturated carbocycles. The standard InChI is InChI=1S/C15H20FN3O/c1-10(12-5-6-15(20-4)14(16)7-12)17-8-13-9-18-19(3)11(13)2/h5-7,9-10,17H,8H2,1-4H3. The van der Waals surface area contributed by atoms with Crippen molar-refractivity contribution in [2.24, 2.45) is 7.05 Å². The van der Waals surface area contributed by atoms with Crippen molar-refractivity contribution < 1.29 is 9.13 Å². The molecule has 0 aliphatic carbocycles. The van der Waals surface area contributed by atoms with Crippen molar-refractivity contribution in [3.63, 3.8) is 0 Å². The molecule has 0 radical (unpaired) electrons. The molecule has 1 N–H and O–H groups in total. The minimum Gasteiger partial charge on any atom is -0.494 e. The fourth-order valence-electron chi connectivity index (χ4n) is 2.05. The zero-order valence-electron chi connectivity index (χ0n) is 12.3. The summed E-state index contributed by atoms with van der Waals surface area (Å²) in [5.41, 5.74) is 3.17. The van der Waals surface area contributed by atoms with Gasteiger partial charge in [-0.25, -0.2) is 4.39 Å². The Morgan fingerprint density at radius 2 is 2.20 bits per heavy atom. The number of rotatable bonds is 5. The summed E-state index contributed by atoms with van der Waals surface area (Å²) < 4.78 is 20.4. The Balaban J connectivity index is 2.03. The van der Waals surface area contributed by atoms with Gasteiger partial charge in [0, 0.05) is 30.9 Å². The third-order valence-electron chi connectivity index (χ3n) is 3.61. The van der Waals surface area contributed by atoms with E-state index in [0.717, 1.165) is 16.8 Å². The van der Waals surface area contributed by atoms with Crippen molar-refractivity contribution >= 4 is 0 Å². The molecule has 1 aromatic carbocycles. The number of ether oxygens (including phenoxy) is 1. The largest absolute Gasteiger partial charge is 0.494 e. The van der Waals surface area contributed by atoms with Crippen molar-refractivity contribution in [3.05, 3.63) is 47.0 Å². The SMILES string of the molecule is COc1ccc(C(C)NCc2cnn(C)c2C)cc1F. The molecule has 2 rings (SSSR count). The van der Waals surface area contributed by atoms with E-state index in [1.165, 1.54) is 13.2 Å². The first-order valence-corrected chi connectivity index (χ1v) is 6.57. The summed E-state index contributed by atoms with van der Waals surface area (Å²) in [5.74, 6) is -0.0692. The summed E-state index contributed by atoms with van der Waals surface area (Å²) in [4.78, 5) is 0. The van der Waals surface area contributed by atoms with Crippen LogP contribution in [0.2, 0.25) is 0 Å². The van der Waals surface area contributed by atoms with Crippen LogP contribution in [0.4, 0.5) is 4.39 Å². The predicted octanol–water partition coefficient (Wildman–Crippen LogP) is 2.73. The molecule has 108 valence electrons. The lowest BCUT2D eigenvalue weighted by molar-refractivity contribution is 0.385. The van der Waals surface area contributed by atoms with Gasteiger partial charge in [-0.1, -0.05) is 6.07 Å². The summed E-state index contributed by atoms with van der Waals surface area (Å²) in [6, 6.07) is 5.08. The van der Waals surface area contributed by atoms with Crippen LogP contribution in [-0.2, 0) is 13.6 Å². The first kappa shape index (κ1) is 14.5. The van der Waals surface area contributed by atoms with Gasteiger partial charge in [0.2, 0.25) is 0 Å². The van der Waals surface area contributed by atoms with E-state index in [0.29, 0.717) is 6.54 Å². The molecule has 0 fully saturated rings. The molecule has 1 unspecified atom stereocenters. The van der Waals surface area contributed by atoms with Gasteiger partial charge in [0.15, 0.2) is 11.6 Å². The summed E-state index contributed by atoms with van der Waals surface area (Å²) in [7, 11) is 3.38. The Morgan fingerprint density at radius 3 is 2.75 bits per heavy atom. The fraction of sp³-hybridized carbons (Fsp3) is 0.400. The Morgan fingerprint density at radius 1 is 1.45 bits per heavy atom. The maximum Gasteiger partial charge on any atom is 0.165 e. The number of nitrogens with zero attached hydrogens (tertiary/aromatic N) is 2. The number of aromatic nitrogens is 2. The summed E-state index contributed by atoms with van der Waals surface area (Å²) in [5, 5.41) is 7.58. The molecule has 1 atom stereocenters. The van der Waals surface area contributed by atoms with Crippen LogP contribution in [0.25, 0.3) is 0 Å². The number of hydrogen-bond acceptors (Lipinski definition) is 3. The molecule has 5 heteroatoms. The number of hydrogen-bond donors (Lipinski definition) is 1. The zero-order valence-corrected chi connectivity index (χ0v) is 12.3. The summed E-state index contributed by atoms with van der Waals surface area (Å²) >= 11 is 0. The van der Waals surface area contributed by atoms with E-state index in [9.17, 15) is 4.39 Å². The van der Waals surface area contributed by atoms with Crippen LogP contribution in [0.1, 0.15) is 29.8 Å². The lowest BCUT2D eigenvalue weighted by atomic mass is 10.1. The monoisotopic (exact) mass is 277 g/mol. The van der Waals surface area contributed by atoms with Gasteiger partial charge in [-0.15, -0.1) is 0 Å². The molecule has 0 aliphatic heterocycles. The molecule has 1 aromatic heterocycles. The Labute approximate surface area is 118 Å². The van der Waals surface area contributed by atoms with Crippen LogP contribution >= 0.6 is 0 Å². The quantitative estimate of drug-likeness (QED) is 0.913. The van der Waals surface area contributed by atoms with E-state index in [1.807, 2.05) is 37.8 Å². The lowest BCUT2D eigenvalue weighted by Gasteiger charge is -2.15. The first-order valence-electron chi connectivity index (χ1n) is 6.57. The Hall–Kier alpha value is -1.88. The van der Waals surface area contributed by atoms with Gasteiger partial charge in [-0.05, 0) is 31.5 Å². The predicted molar refractivity (Wildman–Crippen MR) is 76.2 cm³/mol. The van der Waals surface area contributed by atoms with Crippen LogP contribution in [-0.4, -0.2) is 16.9 Å². The third kappa shape index (κ3) is 2.99. The van der Waals surface area contributed by atoms with Crippen LogP contribution in [0.15, 0.2) is 24.4 Å². The van der Waals surface area contributed by atoms with Gasteiger partial charge in [0.1, 0.15) is 0 Å². The second-order valence-electron chi connectivity index (χ2n) is 4.88. The number of nitrogens with one attached hydrogen (secondary N) is 1. The van der Waals surface area contributed by atoms with E-state index in [1.54, 1.807) is 6.07 Å². The fourth-order valence-corrected chi connectivity index (χ4v) is 2.05. The second kappa shape index (κ2) is 6.05. The average Bonchev–Trinajstić information content (AvgIpc) is 2.76. The number of benzene rings is 1. The molecular formula is C15H20FN3O. The van der Waals surface area contributed by atoms with Crippen LogP contribution in [0, 0.1) is 12.7 Å². The Kier molecular flexibility index (Phi) is 4.39. The van der Waals surface area contributed by atoms with E-state index < -0.39 is 0 Å². The number of methoxy groups -OCH3 is 1. The highest BCUT2D eigenvalue weighted by atomic mass is 19.1. The molecule has 0 spiro atoms. The van der Waals surface area contributed by atoms with Gasteiger partial charge in [-0.2, -0.15) is 5.10 Å². The van der Waals surface area contributed by atoms with E-state index >= 15 is 0 Å². The lowest BCUT2D eigenvalue weighted by Crippen LogP contribution is -2.18. The van der Waals surface area contributed by atoms with Gasteiger partial charge in [0.25, 0.3) is 0 Å². The summed E-state index contributed by atoms with van der Waals surface area (Å²) in [6.07, 6.45) is 1.85. The average molecular weight is 277 g/mol. The molecular weight excluding hydrogens is 257 g/mol. The number of aryl methyl sites for hydroxylation is 1. The number of halogens is 1. The van der Waals surface area contributed by atoms with Crippen LogP contribution in [0.5, 0.6) is 5.75 Å². The van der Waals surface area contributed by atoms with E-state index in [4.69, 9.17) is 4.74 Å². The van der Waals surface area contributed by atoms with Gasteiger partial charge >= 0.3 is 0 Å². The van der Waals surface area contributed by atoms with Gasteiger partial charge in [-0.3, -0.25) is 4.68 Å². The zero-order chi connectivity index (χ0) is 14.7. The maximum absolute atomic E-state index is 13.7. The van der Waals surface area contributed by atoms with Crippen molar-refractivity contribution in [2.75, 3.05) is 7.11 Å². The van der Waals surface area contributed by atoms with Crippen molar-refractivity contribution in [1.82, 2.24) is 15.1 Å². The van der Waals surface area contributed by atoms with Gasteiger partial charge < -0.3 is 10.1 Å². The topological polar surface area (TPSA) is 39.1 Å². The molecule has 0 aliphatic rings. The highest BCUT2D eigenvalue weighted by Gasteiger charge is 2.10. The minimum absolute atomic E-state index is 0.0509. The molecule has 4 nitrogen and oxygen atoms in total. The van der Waals surface area contributed by atoms with E-state index in [-0.39, 0.29) is 17.6 Å². The molecule has 20 heavy (non-hydrogen) atoms. The molecule has 0 bridgehead atoms. The molecule has 1 heterocycles. The van der Waals surface area contributed by atoms with Crippen molar-refractivity contribution in [3.8, 4) is 5.75 Å². The van der Waals surface area contributed by atoms with Crippen LogP contribution in [0.3, 0.4) is 0 Å². The smallest absolute Gasteiger partial charge is 0.165 e. The van der Waals surface area contributed by atoms with Crippen LogP contribution < -0.4 is 10.1 Å². The highest BCUT2D eigenvalue weighted by molar-refractivity contribution is 5.31. The summed E-state index contributed by atoms with van der Waals surface area (Å²) in [6.45, 7) is 4.74. The Bertz CT molecular complexity index is 595. The van der Waals surface area contributed by atoms with E-state index in [2.05, 4.69) is 10.4 Å². The normalized spacial score (nSPS) is 12.4. The maximum atomic E-state index is 13.7.